The lowest BCUT2D eigenvalue weighted by Crippen LogP contribution is -2.36. The van der Waals surface area contributed by atoms with Gasteiger partial charge in [-0.05, 0) is 48.9 Å². The van der Waals surface area contributed by atoms with Crippen LogP contribution in [0.1, 0.15) is 12.5 Å². The molecule has 1 N–H and O–H groups in total. The molecule has 1 aliphatic rings. The summed E-state index contributed by atoms with van der Waals surface area (Å²) in [6.07, 6.45) is 1.72. The molecular formula is C20H17FN2O3S2. The molecule has 3 rings (SSSR count). The third kappa shape index (κ3) is 4.96. The highest BCUT2D eigenvalue weighted by molar-refractivity contribution is 8.26. The van der Waals surface area contributed by atoms with Crippen LogP contribution in [0.3, 0.4) is 0 Å². The minimum absolute atomic E-state index is 0.234. The van der Waals surface area contributed by atoms with E-state index in [1.807, 2.05) is 31.2 Å². The predicted octanol–water partition coefficient (Wildman–Crippen LogP) is 4.06. The maximum absolute atomic E-state index is 13.2. The minimum Gasteiger partial charge on any atom is -0.494 e. The zero-order chi connectivity index (χ0) is 20.1. The maximum atomic E-state index is 13.2. The van der Waals surface area contributed by atoms with Crippen molar-refractivity contribution in [3.8, 4) is 5.75 Å². The Kier molecular flexibility index (Phi) is 6.43. The van der Waals surface area contributed by atoms with E-state index in [9.17, 15) is 14.0 Å². The molecule has 2 aromatic rings. The van der Waals surface area contributed by atoms with Crippen molar-refractivity contribution in [1.82, 2.24) is 4.90 Å². The Morgan fingerprint density at radius 1 is 1.29 bits per heavy atom. The summed E-state index contributed by atoms with van der Waals surface area (Å²) in [6, 6.07) is 12.9. The van der Waals surface area contributed by atoms with Crippen LogP contribution in [-0.2, 0) is 9.59 Å². The van der Waals surface area contributed by atoms with Crippen LogP contribution in [-0.4, -0.2) is 34.2 Å². The third-order valence-electron chi connectivity index (χ3n) is 3.77. The van der Waals surface area contributed by atoms with E-state index in [4.69, 9.17) is 17.0 Å². The van der Waals surface area contributed by atoms with Crippen molar-refractivity contribution in [3.63, 3.8) is 0 Å². The Balaban J connectivity index is 1.66. The molecule has 1 aliphatic heterocycles. The van der Waals surface area contributed by atoms with Crippen molar-refractivity contribution in [3.05, 3.63) is 64.8 Å². The van der Waals surface area contributed by atoms with E-state index in [2.05, 4.69) is 5.32 Å². The number of carbonyl (C=O) groups excluding carboxylic acids is 2. The van der Waals surface area contributed by atoms with Crippen LogP contribution in [0.25, 0.3) is 6.08 Å². The summed E-state index contributed by atoms with van der Waals surface area (Å²) < 4.78 is 18.9. The van der Waals surface area contributed by atoms with Gasteiger partial charge in [-0.3, -0.25) is 14.5 Å². The highest BCUT2D eigenvalue weighted by Gasteiger charge is 2.33. The van der Waals surface area contributed by atoms with Crippen LogP contribution in [0.4, 0.5) is 10.1 Å². The quantitative estimate of drug-likeness (QED) is 0.568. The molecule has 0 spiro atoms. The molecule has 0 aromatic heterocycles. The molecule has 144 valence electrons. The number of rotatable bonds is 6. The van der Waals surface area contributed by atoms with Crippen molar-refractivity contribution in [2.24, 2.45) is 0 Å². The van der Waals surface area contributed by atoms with Crippen molar-refractivity contribution in [1.29, 1.82) is 0 Å². The normalized spacial score (nSPS) is 15.2. The Morgan fingerprint density at radius 3 is 2.71 bits per heavy atom. The molecule has 0 atom stereocenters. The first kappa shape index (κ1) is 20.0. The second kappa shape index (κ2) is 8.99. The number of anilines is 1. The lowest BCUT2D eigenvalue weighted by molar-refractivity contribution is -0.126. The molecule has 0 unspecified atom stereocenters. The van der Waals surface area contributed by atoms with Gasteiger partial charge in [0.05, 0.1) is 11.5 Å². The van der Waals surface area contributed by atoms with Crippen LogP contribution in [0, 0.1) is 5.82 Å². The summed E-state index contributed by atoms with van der Waals surface area (Å²) in [6.45, 7) is 2.25. The molecule has 5 nitrogen and oxygen atoms in total. The van der Waals surface area contributed by atoms with Crippen LogP contribution in [0.2, 0.25) is 0 Å². The number of hydrogen-bond donors (Lipinski definition) is 1. The van der Waals surface area contributed by atoms with E-state index in [1.165, 1.54) is 23.1 Å². The minimum atomic E-state index is -0.457. The molecule has 28 heavy (non-hydrogen) atoms. The molecule has 1 saturated heterocycles. The lowest BCUT2D eigenvalue weighted by atomic mass is 10.2. The molecule has 0 radical (unpaired) electrons. The number of hydrogen-bond acceptors (Lipinski definition) is 5. The van der Waals surface area contributed by atoms with E-state index in [0.29, 0.717) is 21.5 Å². The van der Waals surface area contributed by atoms with Gasteiger partial charge in [0.15, 0.2) is 0 Å². The van der Waals surface area contributed by atoms with Crippen LogP contribution in [0.15, 0.2) is 53.4 Å². The van der Waals surface area contributed by atoms with E-state index in [0.717, 1.165) is 23.1 Å². The first-order valence-electron chi connectivity index (χ1n) is 8.50. The second-order valence-electron chi connectivity index (χ2n) is 5.83. The number of nitrogens with one attached hydrogen (secondary N) is 1. The van der Waals surface area contributed by atoms with Crippen molar-refractivity contribution in [2.45, 2.75) is 6.92 Å². The maximum Gasteiger partial charge on any atom is 0.266 e. The number of amides is 2. The summed E-state index contributed by atoms with van der Waals surface area (Å²) in [5.41, 5.74) is 1.15. The molecule has 0 saturated carbocycles. The molecule has 8 heteroatoms. The van der Waals surface area contributed by atoms with Crippen molar-refractivity contribution >= 4 is 51.9 Å². The van der Waals surface area contributed by atoms with Gasteiger partial charge in [0, 0.05) is 5.69 Å². The fourth-order valence-corrected chi connectivity index (χ4v) is 3.78. The topological polar surface area (TPSA) is 58.6 Å². The molecule has 2 aromatic carbocycles. The first-order chi connectivity index (χ1) is 13.5. The molecule has 1 heterocycles. The summed E-state index contributed by atoms with van der Waals surface area (Å²) >= 11 is 6.38. The van der Waals surface area contributed by atoms with Gasteiger partial charge in [0.1, 0.15) is 22.4 Å². The molecule has 2 amide bonds. The summed E-state index contributed by atoms with van der Waals surface area (Å²) in [5.74, 6) is -0.495. The summed E-state index contributed by atoms with van der Waals surface area (Å²) in [4.78, 5) is 26.5. The van der Waals surface area contributed by atoms with Gasteiger partial charge in [-0.2, -0.15) is 0 Å². The standard InChI is InChI=1S/C20H17FN2O3S2/c1-2-26-16-8-6-13(7-9-16)10-17-19(25)23(20(27)28-17)12-18(24)22-15-5-3-4-14(21)11-15/h3-11H,2,12H2,1H3,(H,22,24). The fraction of sp³-hybridized carbons (Fsp3) is 0.150. The summed E-state index contributed by atoms with van der Waals surface area (Å²) in [7, 11) is 0. The monoisotopic (exact) mass is 416 g/mol. The number of thioether (sulfide) groups is 1. The largest absolute Gasteiger partial charge is 0.494 e. The third-order valence-corrected chi connectivity index (χ3v) is 5.15. The van der Waals surface area contributed by atoms with E-state index in [-0.39, 0.29) is 12.5 Å². The van der Waals surface area contributed by atoms with E-state index in [1.54, 1.807) is 12.1 Å². The van der Waals surface area contributed by atoms with Gasteiger partial charge in [-0.1, -0.05) is 42.2 Å². The Bertz CT molecular complexity index is 945. The van der Waals surface area contributed by atoms with Gasteiger partial charge in [0.25, 0.3) is 5.91 Å². The van der Waals surface area contributed by atoms with Gasteiger partial charge < -0.3 is 10.1 Å². The SMILES string of the molecule is CCOc1ccc(C=C2SC(=S)N(CC(=O)Nc3cccc(F)c3)C2=O)cc1. The zero-order valence-electron chi connectivity index (χ0n) is 15.0. The van der Waals surface area contributed by atoms with Crippen molar-refractivity contribution < 1.29 is 18.7 Å². The number of halogens is 1. The smallest absolute Gasteiger partial charge is 0.266 e. The second-order valence-corrected chi connectivity index (χ2v) is 7.50. The van der Waals surface area contributed by atoms with Gasteiger partial charge in [0.2, 0.25) is 5.91 Å². The van der Waals surface area contributed by atoms with Gasteiger partial charge in [-0.25, -0.2) is 4.39 Å². The average Bonchev–Trinajstić information content (AvgIpc) is 2.91. The van der Waals surface area contributed by atoms with E-state index < -0.39 is 11.7 Å². The predicted molar refractivity (Wildman–Crippen MR) is 113 cm³/mol. The highest BCUT2D eigenvalue weighted by atomic mass is 32.2. The number of nitrogens with zero attached hydrogens (tertiary/aromatic N) is 1. The molecule has 0 bridgehead atoms. The Hall–Kier alpha value is -2.71. The van der Waals surface area contributed by atoms with E-state index >= 15 is 0 Å². The zero-order valence-corrected chi connectivity index (χ0v) is 16.6. The molecular weight excluding hydrogens is 399 g/mol. The van der Waals surface area contributed by atoms with Crippen molar-refractivity contribution in [2.75, 3.05) is 18.5 Å². The molecule has 0 aliphatic carbocycles. The number of carbonyl (C=O) groups is 2. The average molecular weight is 416 g/mol. The highest BCUT2D eigenvalue weighted by Crippen LogP contribution is 2.32. The van der Waals surface area contributed by atoms with Crippen LogP contribution in [0.5, 0.6) is 5.75 Å². The lowest BCUT2D eigenvalue weighted by Gasteiger charge is -2.14. The number of thiocarbonyl (C=S) groups is 1. The summed E-state index contributed by atoms with van der Waals surface area (Å²) in [5, 5.41) is 2.56. The number of benzene rings is 2. The van der Waals surface area contributed by atoms with Gasteiger partial charge in [-0.15, -0.1) is 0 Å². The molecule has 1 fully saturated rings. The van der Waals surface area contributed by atoms with Crippen LogP contribution >= 0.6 is 24.0 Å². The Labute approximate surface area is 171 Å². The van der Waals surface area contributed by atoms with Gasteiger partial charge >= 0.3 is 0 Å². The first-order valence-corrected chi connectivity index (χ1v) is 9.72. The number of ether oxygens (including phenoxy) is 1. The van der Waals surface area contributed by atoms with Crippen LogP contribution < -0.4 is 10.1 Å². The fourth-order valence-electron chi connectivity index (χ4n) is 2.52. The Morgan fingerprint density at radius 2 is 2.04 bits per heavy atom.